The van der Waals surface area contributed by atoms with Gasteiger partial charge in [-0.15, -0.1) is 0 Å². The predicted octanol–water partition coefficient (Wildman–Crippen LogP) is 3.93. The van der Waals surface area contributed by atoms with Crippen LogP contribution >= 0.6 is 0 Å². The number of hydrogen-bond donors (Lipinski definition) is 0. The number of hydrogen-bond acceptors (Lipinski definition) is 2. The zero-order valence-corrected chi connectivity index (χ0v) is 12.8. The summed E-state index contributed by atoms with van der Waals surface area (Å²) in [5.41, 5.74) is 0.0753. The normalized spacial score (nSPS) is 13.6. The highest BCUT2D eigenvalue weighted by Gasteiger charge is 2.19. The number of unbranched alkanes of at least 4 members (excludes halogenated alkanes) is 6. The molecule has 0 bridgehead atoms. The Morgan fingerprint density at radius 3 is 1.94 bits per heavy atom. The Hall–Kier alpha value is -0.530. The number of carbonyl (C=O) groups is 1. The Labute approximate surface area is 113 Å². The summed E-state index contributed by atoms with van der Waals surface area (Å²) in [6, 6.07) is 0. The fourth-order valence-electron chi connectivity index (χ4n) is 2.39. The summed E-state index contributed by atoms with van der Waals surface area (Å²) < 4.78 is 0. The third kappa shape index (κ3) is 10.6. The van der Waals surface area contributed by atoms with E-state index in [1.54, 1.807) is 0 Å². The second-order valence-corrected chi connectivity index (χ2v) is 6.69. The minimum atomic E-state index is -0.865. The first-order valence-electron chi connectivity index (χ1n) is 7.57. The molecule has 0 rings (SSSR count). The van der Waals surface area contributed by atoms with Crippen molar-refractivity contribution < 1.29 is 9.90 Å². The number of carbonyl (C=O) groups excluding carboxylic acids is 1. The molecule has 0 N–H and O–H groups in total. The summed E-state index contributed by atoms with van der Waals surface area (Å²) in [7, 11) is 0. The van der Waals surface area contributed by atoms with Crippen molar-refractivity contribution in [3.05, 3.63) is 0 Å². The standard InChI is InChI=1S/C16H32O2/c1-5-6-7-8-9-10-11-12-14(15(17)18)13-16(2,3)4/h14H,5-13H2,1-4H3,(H,17,18)/p-1. The molecule has 18 heavy (non-hydrogen) atoms. The molecule has 0 saturated heterocycles. The average molecular weight is 255 g/mol. The van der Waals surface area contributed by atoms with E-state index in [1.165, 1.54) is 32.1 Å². The Morgan fingerprint density at radius 1 is 1.00 bits per heavy atom. The van der Waals surface area contributed by atoms with E-state index in [0.717, 1.165) is 25.7 Å². The molecule has 1 unspecified atom stereocenters. The number of carboxylic acids is 1. The Bertz CT molecular complexity index is 216. The monoisotopic (exact) mass is 255 g/mol. The van der Waals surface area contributed by atoms with E-state index in [2.05, 4.69) is 27.7 Å². The number of aliphatic carboxylic acids is 1. The minimum absolute atomic E-state index is 0.0753. The summed E-state index contributed by atoms with van der Waals surface area (Å²) in [6.07, 6.45) is 10.2. The molecule has 0 spiro atoms. The van der Waals surface area contributed by atoms with E-state index in [-0.39, 0.29) is 11.3 Å². The van der Waals surface area contributed by atoms with Gasteiger partial charge in [-0.1, -0.05) is 72.6 Å². The predicted molar refractivity (Wildman–Crippen MR) is 75.2 cm³/mol. The van der Waals surface area contributed by atoms with E-state index in [0.29, 0.717) is 0 Å². The molecule has 0 fully saturated rings. The maximum Gasteiger partial charge on any atom is 0.0445 e. The lowest BCUT2D eigenvalue weighted by Gasteiger charge is -2.26. The van der Waals surface area contributed by atoms with Gasteiger partial charge in [-0.05, 0) is 24.2 Å². The molecule has 108 valence electrons. The molecule has 0 aliphatic rings. The minimum Gasteiger partial charge on any atom is -0.550 e. The van der Waals surface area contributed by atoms with Gasteiger partial charge in [0.2, 0.25) is 0 Å². The lowest BCUT2D eigenvalue weighted by Crippen LogP contribution is -2.33. The maximum atomic E-state index is 11.1. The summed E-state index contributed by atoms with van der Waals surface area (Å²) in [6.45, 7) is 8.49. The molecule has 0 aromatic carbocycles. The van der Waals surface area contributed by atoms with Crippen LogP contribution in [0.15, 0.2) is 0 Å². The zero-order chi connectivity index (χ0) is 14.0. The third-order valence-corrected chi connectivity index (χ3v) is 3.35. The van der Waals surface area contributed by atoms with E-state index in [4.69, 9.17) is 0 Å². The van der Waals surface area contributed by atoms with Crippen LogP contribution in [0.5, 0.6) is 0 Å². The van der Waals surface area contributed by atoms with Gasteiger partial charge < -0.3 is 9.90 Å². The smallest absolute Gasteiger partial charge is 0.0445 e. The SMILES string of the molecule is CCCCCCCCCC(CC(C)(C)C)C(=O)[O-]. The van der Waals surface area contributed by atoms with Crippen molar-refractivity contribution in [2.24, 2.45) is 11.3 Å². The molecule has 1 atom stereocenters. The van der Waals surface area contributed by atoms with Gasteiger partial charge in [-0.2, -0.15) is 0 Å². The first-order chi connectivity index (χ1) is 8.37. The first-order valence-corrected chi connectivity index (χ1v) is 7.57. The van der Waals surface area contributed by atoms with Crippen molar-refractivity contribution in [2.45, 2.75) is 85.5 Å². The Kier molecular flexibility index (Phi) is 9.13. The van der Waals surface area contributed by atoms with E-state index >= 15 is 0 Å². The fourth-order valence-corrected chi connectivity index (χ4v) is 2.39. The summed E-state index contributed by atoms with van der Waals surface area (Å²) >= 11 is 0. The molecule has 2 heteroatoms. The summed E-state index contributed by atoms with van der Waals surface area (Å²) in [5.74, 6) is -1.13. The van der Waals surface area contributed by atoms with Gasteiger partial charge >= 0.3 is 0 Å². The van der Waals surface area contributed by atoms with Crippen LogP contribution in [0.1, 0.15) is 85.5 Å². The molecule has 0 radical (unpaired) electrons. The van der Waals surface area contributed by atoms with Crippen LogP contribution in [0.4, 0.5) is 0 Å². The Balaban J connectivity index is 3.69. The van der Waals surface area contributed by atoms with Gasteiger partial charge in [-0.25, -0.2) is 0 Å². The average Bonchev–Trinajstić information content (AvgIpc) is 2.24. The van der Waals surface area contributed by atoms with Crippen molar-refractivity contribution in [1.29, 1.82) is 0 Å². The fraction of sp³-hybridized carbons (Fsp3) is 0.938. The van der Waals surface area contributed by atoms with Gasteiger partial charge in [0, 0.05) is 5.97 Å². The van der Waals surface area contributed by atoms with Gasteiger partial charge in [0.25, 0.3) is 0 Å². The van der Waals surface area contributed by atoms with Crippen LogP contribution in [-0.4, -0.2) is 5.97 Å². The molecular formula is C16H31O2-. The molecular weight excluding hydrogens is 224 g/mol. The van der Waals surface area contributed by atoms with Crippen molar-refractivity contribution in [1.82, 2.24) is 0 Å². The van der Waals surface area contributed by atoms with Gasteiger partial charge in [0.15, 0.2) is 0 Å². The van der Waals surface area contributed by atoms with Crippen LogP contribution < -0.4 is 5.11 Å². The topological polar surface area (TPSA) is 40.1 Å². The van der Waals surface area contributed by atoms with E-state index < -0.39 is 5.97 Å². The van der Waals surface area contributed by atoms with Crippen molar-refractivity contribution in [3.63, 3.8) is 0 Å². The van der Waals surface area contributed by atoms with Gasteiger partial charge in [0.1, 0.15) is 0 Å². The summed E-state index contributed by atoms with van der Waals surface area (Å²) in [4.78, 5) is 11.1. The highest BCUT2D eigenvalue weighted by Crippen LogP contribution is 2.27. The molecule has 0 aliphatic heterocycles. The molecule has 0 aromatic heterocycles. The molecule has 0 saturated carbocycles. The molecule has 2 nitrogen and oxygen atoms in total. The molecule has 0 aliphatic carbocycles. The van der Waals surface area contributed by atoms with Crippen LogP contribution in [-0.2, 0) is 4.79 Å². The van der Waals surface area contributed by atoms with Crippen LogP contribution in [0.3, 0.4) is 0 Å². The van der Waals surface area contributed by atoms with Gasteiger partial charge in [0.05, 0.1) is 0 Å². The van der Waals surface area contributed by atoms with Crippen molar-refractivity contribution >= 4 is 5.97 Å². The quantitative estimate of drug-likeness (QED) is 0.555. The summed E-state index contributed by atoms with van der Waals surface area (Å²) in [5, 5.41) is 11.1. The van der Waals surface area contributed by atoms with E-state index in [1.807, 2.05) is 0 Å². The lowest BCUT2D eigenvalue weighted by molar-refractivity contribution is -0.312. The van der Waals surface area contributed by atoms with Gasteiger partial charge in [-0.3, -0.25) is 0 Å². The highest BCUT2D eigenvalue weighted by molar-refractivity contribution is 5.67. The van der Waals surface area contributed by atoms with Crippen molar-refractivity contribution in [2.75, 3.05) is 0 Å². The van der Waals surface area contributed by atoms with Crippen molar-refractivity contribution in [3.8, 4) is 0 Å². The largest absolute Gasteiger partial charge is 0.550 e. The van der Waals surface area contributed by atoms with E-state index in [9.17, 15) is 9.90 Å². The number of rotatable bonds is 10. The Morgan fingerprint density at radius 2 is 1.50 bits per heavy atom. The first kappa shape index (κ1) is 17.5. The molecule has 0 aromatic rings. The second-order valence-electron chi connectivity index (χ2n) is 6.69. The maximum absolute atomic E-state index is 11.1. The lowest BCUT2D eigenvalue weighted by atomic mass is 9.82. The van der Waals surface area contributed by atoms with Crippen LogP contribution in [0.2, 0.25) is 0 Å². The number of carboxylic acid groups (broad SMARTS) is 1. The highest BCUT2D eigenvalue weighted by atomic mass is 16.4. The van der Waals surface area contributed by atoms with Crippen LogP contribution in [0.25, 0.3) is 0 Å². The molecule has 0 amide bonds. The third-order valence-electron chi connectivity index (χ3n) is 3.35. The van der Waals surface area contributed by atoms with Crippen LogP contribution in [0, 0.1) is 11.3 Å². The second kappa shape index (κ2) is 9.41. The molecule has 0 heterocycles. The zero-order valence-electron chi connectivity index (χ0n) is 12.8.